The number of nitrogens with one attached hydrogen (secondary N) is 1. The second-order valence-corrected chi connectivity index (χ2v) is 9.58. The Morgan fingerprint density at radius 3 is 1.57 bits per heavy atom. The summed E-state index contributed by atoms with van der Waals surface area (Å²) in [6.07, 6.45) is 1.77. The van der Waals surface area contributed by atoms with Crippen LogP contribution in [-0.2, 0) is 0 Å². The highest BCUT2D eigenvalue weighted by atomic mass is 35.5. The molecule has 0 aliphatic carbocycles. The minimum absolute atomic E-state index is 0.248. The third-order valence-electron chi connectivity index (χ3n) is 5.40. The first-order valence-corrected chi connectivity index (χ1v) is 12.3. The van der Waals surface area contributed by atoms with E-state index in [1.54, 1.807) is 54.7 Å². The normalized spacial score (nSPS) is 12.9. The molecule has 0 radical (unpaired) electrons. The second kappa shape index (κ2) is 11.7. The third-order valence-corrected chi connectivity index (χ3v) is 6.41. The Hall–Kier alpha value is -2.82. The lowest BCUT2D eigenvalue weighted by molar-refractivity contribution is 0.0930. The van der Waals surface area contributed by atoms with Gasteiger partial charge in [0.2, 0.25) is 0 Å². The first-order chi connectivity index (χ1) is 16.9. The van der Waals surface area contributed by atoms with Crippen LogP contribution in [0.1, 0.15) is 39.1 Å². The Balaban J connectivity index is 1.76. The first kappa shape index (κ1) is 25.3. The van der Waals surface area contributed by atoms with Gasteiger partial charge in [-0.15, -0.1) is 0 Å². The number of hydrogen-bond donors (Lipinski definition) is 1. The Labute approximate surface area is 224 Å². The van der Waals surface area contributed by atoms with E-state index < -0.39 is 12.1 Å². The molecule has 0 spiro atoms. The fraction of sp³-hybridized carbons (Fsp3) is 0.0714. The number of benzene rings is 4. The Morgan fingerprint density at radius 1 is 0.629 bits per heavy atom. The molecule has 0 aliphatic heterocycles. The predicted molar refractivity (Wildman–Crippen MR) is 146 cm³/mol. The Morgan fingerprint density at radius 2 is 1.06 bits per heavy atom. The zero-order valence-electron chi connectivity index (χ0n) is 18.3. The zero-order valence-corrected chi connectivity index (χ0v) is 21.4. The average Bonchev–Trinajstić information content (AvgIpc) is 2.86. The molecule has 0 aromatic heterocycles. The largest absolute Gasteiger partial charge is 0.343 e. The molecule has 0 saturated heterocycles. The molecule has 1 N–H and O–H groups in total. The van der Waals surface area contributed by atoms with E-state index in [1.807, 2.05) is 48.5 Å². The van der Waals surface area contributed by atoms with Crippen LogP contribution in [0.25, 0.3) is 0 Å². The lowest BCUT2D eigenvalue weighted by atomic mass is 9.93. The summed E-state index contributed by atoms with van der Waals surface area (Å²) in [5.41, 5.74) is 3.11. The summed E-state index contributed by atoms with van der Waals surface area (Å²) in [6.45, 7) is 0. The van der Waals surface area contributed by atoms with Crippen LogP contribution in [0.15, 0.2) is 102 Å². The van der Waals surface area contributed by atoms with Crippen molar-refractivity contribution in [3.05, 3.63) is 139 Å². The lowest BCUT2D eigenvalue weighted by Crippen LogP contribution is -2.32. The third kappa shape index (κ3) is 6.87. The van der Waals surface area contributed by atoms with Crippen molar-refractivity contribution < 1.29 is 4.79 Å². The molecule has 7 heteroatoms. The number of hydrogen-bond acceptors (Lipinski definition) is 2. The molecular weight excluding hydrogens is 522 g/mol. The van der Waals surface area contributed by atoms with E-state index in [0.29, 0.717) is 25.7 Å². The predicted octanol–water partition coefficient (Wildman–Crippen LogP) is 8.63. The number of nitrogens with zero attached hydrogens (tertiary/aromatic N) is 1. The van der Waals surface area contributed by atoms with Gasteiger partial charge in [-0.2, -0.15) is 0 Å². The van der Waals surface area contributed by atoms with E-state index in [4.69, 9.17) is 51.4 Å². The van der Waals surface area contributed by atoms with Gasteiger partial charge >= 0.3 is 0 Å². The van der Waals surface area contributed by atoms with E-state index >= 15 is 0 Å². The van der Waals surface area contributed by atoms with Crippen LogP contribution in [0, 0.1) is 0 Å². The monoisotopic (exact) mass is 540 g/mol. The first-order valence-electron chi connectivity index (χ1n) is 10.7. The van der Waals surface area contributed by atoms with Crippen molar-refractivity contribution in [2.75, 3.05) is 0 Å². The van der Waals surface area contributed by atoms with Gasteiger partial charge < -0.3 is 5.32 Å². The van der Waals surface area contributed by atoms with Crippen molar-refractivity contribution in [1.82, 2.24) is 5.32 Å². The highest BCUT2D eigenvalue weighted by Crippen LogP contribution is 2.34. The summed E-state index contributed by atoms with van der Waals surface area (Å²) in [7, 11) is 0. The molecule has 4 rings (SSSR count). The second-order valence-electron chi connectivity index (χ2n) is 7.84. The molecule has 4 aromatic carbocycles. The van der Waals surface area contributed by atoms with Crippen molar-refractivity contribution in [2.24, 2.45) is 4.99 Å². The van der Waals surface area contributed by atoms with Gasteiger partial charge in [0.25, 0.3) is 5.91 Å². The molecule has 35 heavy (non-hydrogen) atoms. The van der Waals surface area contributed by atoms with Crippen LogP contribution in [0.5, 0.6) is 0 Å². The molecular formula is C28H20Cl4N2O. The summed E-state index contributed by atoms with van der Waals surface area (Å²) >= 11 is 24.3. The molecule has 0 bridgehead atoms. The van der Waals surface area contributed by atoms with Crippen LogP contribution in [0.3, 0.4) is 0 Å². The van der Waals surface area contributed by atoms with E-state index in [2.05, 4.69) is 5.32 Å². The molecule has 0 heterocycles. The minimum atomic E-state index is -0.500. The molecule has 3 nitrogen and oxygen atoms in total. The van der Waals surface area contributed by atoms with Crippen molar-refractivity contribution >= 4 is 58.5 Å². The zero-order chi connectivity index (χ0) is 24.8. The van der Waals surface area contributed by atoms with Gasteiger partial charge in [-0.1, -0.05) is 82.8 Å². The number of amides is 1. The van der Waals surface area contributed by atoms with Crippen molar-refractivity contribution in [2.45, 2.75) is 12.1 Å². The highest BCUT2D eigenvalue weighted by molar-refractivity contribution is 6.31. The summed E-state index contributed by atoms with van der Waals surface area (Å²) < 4.78 is 0. The molecule has 0 saturated carbocycles. The highest BCUT2D eigenvalue weighted by Gasteiger charge is 2.26. The smallest absolute Gasteiger partial charge is 0.251 e. The molecule has 0 aliphatic rings. The van der Waals surface area contributed by atoms with Gasteiger partial charge in [0.05, 0.1) is 12.1 Å². The molecule has 2 atom stereocenters. The van der Waals surface area contributed by atoms with Crippen LogP contribution >= 0.6 is 46.4 Å². The summed E-state index contributed by atoms with van der Waals surface area (Å²) in [4.78, 5) is 18.1. The number of rotatable bonds is 7. The lowest BCUT2D eigenvalue weighted by Gasteiger charge is -2.26. The standard InChI is InChI=1S/C28H20Cl4N2O/c29-22-9-1-18(2-10-22)17-33-26(19-3-11-23(30)12-4-19)27(20-5-13-24(31)14-6-20)34-28(35)21-7-15-25(32)16-8-21/h1-17,26-27H,(H,34,35)/t26-,27-/m0/s1. The van der Waals surface area contributed by atoms with Gasteiger partial charge in [-0.25, -0.2) is 0 Å². The maximum Gasteiger partial charge on any atom is 0.251 e. The number of carbonyl (C=O) groups excluding carboxylic acids is 1. The molecule has 0 unspecified atom stereocenters. The van der Waals surface area contributed by atoms with E-state index in [9.17, 15) is 4.79 Å². The van der Waals surface area contributed by atoms with Gasteiger partial charge in [-0.05, 0) is 77.4 Å². The summed E-state index contributed by atoms with van der Waals surface area (Å²) in [6, 6.07) is 27.9. The fourth-order valence-corrected chi connectivity index (χ4v) is 4.08. The molecule has 1 amide bonds. The SMILES string of the molecule is O=C(N[C@@H](c1ccc(Cl)cc1)[C@@H](N=Cc1ccc(Cl)cc1)c1ccc(Cl)cc1)c1ccc(Cl)cc1. The summed E-state index contributed by atoms with van der Waals surface area (Å²) in [5, 5.41) is 5.57. The van der Waals surface area contributed by atoms with Crippen molar-refractivity contribution in [1.29, 1.82) is 0 Å². The number of halogens is 4. The van der Waals surface area contributed by atoms with Crippen molar-refractivity contribution in [3.8, 4) is 0 Å². The average molecular weight is 542 g/mol. The Bertz CT molecular complexity index is 1300. The van der Waals surface area contributed by atoms with Crippen LogP contribution in [0.4, 0.5) is 0 Å². The minimum Gasteiger partial charge on any atom is -0.343 e. The van der Waals surface area contributed by atoms with Crippen molar-refractivity contribution in [3.63, 3.8) is 0 Å². The quantitative estimate of drug-likeness (QED) is 0.234. The number of aliphatic imine (C=N–C) groups is 1. The Kier molecular flexibility index (Phi) is 8.48. The summed E-state index contributed by atoms with van der Waals surface area (Å²) in [5.74, 6) is -0.248. The fourth-order valence-electron chi connectivity index (χ4n) is 3.58. The maximum atomic E-state index is 13.2. The van der Waals surface area contributed by atoms with Gasteiger partial charge in [0.1, 0.15) is 0 Å². The van der Waals surface area contributed by atoms with E-state index in [0.717, 1.165) is 16.7 Å². The van der Waals surface area contributed by atoms with E-state index in [1.165, 1.54) is 0 Å². The molecule has 4 aromatic rings. The van der Waals surface area contributed by atoms with Gasteiger partial charge in [-0.3, -0.25) is 9.79 Å². The molecule has 0 fully saturated rings. The number of carbonyl (C=O) groups is 1. The maximum absolute atomic E-state index is 13.2. The van der Waals surface area contributed by atoms with E-state index in [-0.39, 0.29) is 5.91 Å². The van der Waals surface area contributed by atoms with Gasteiger partial charge in [0, 0.05) is 31.9 Å². The van der Waals surface area contributed by atoms with Crippen LogP contribution in [-0.4, -0.2) is 12.1 Å². The van der Waals surface area contributed by atoms with Crippen LogP contribution < -0.4 is 5.32 Å². The van der Waals surface area contributed by atoms with Crippen LogP contribution in [0.2, 0.25) is 20.1 Å². The van der Waals surface area contributed by atoms with Gasteiger partial charge in [0.15, 0.2) is 0 Å². The molecule has 176 valence electrons. The topological polar surface area (TPSA) is 41.5 Å².